The van der Waals surface area contributed by atoms with E-state index < -0.39 is 0 Å². The molecule has 4 aliphatic rings. The molecule has 4 saturated carbocycles. The lowest BCUT2D eigenvalue weighted by Crippen LogP contribution is -2.25. The van der Waals surface area contributed by atoms with E-state index in [1.54, 1.807) is 11.1 Å². The molecular weight excluding hydrogens is 713 g/mol. The second-order valence-corrected chi connectivity index (χ2v) is 20.0. The lowest BCUT2D eigenvalue weighted by molar-refractivity contribution is 0.156. The van der Waals surface area contributed by atoms with Crippen molar-refractivity contribution < 1.29 is 4.74 Å². The van der Waals surface area contributed by atoms with Gasteiger partial charge in [-0.15, -0.1) is 0 Å². The van der Waals surface area contributed by atoms with E-state index in [0.29, 0.717) is 0 Å². The van der Waals surface area contributed by atoms with Gasteiger partial charge >= 0.3 is 0 Å². The molecule has 7 rings (SSSR count). The molecule has 1 heteroatoms. The summed E-state index contributed by atoms with van der Waals surface area (Å²) in [6, 6.07) is 27.6. The third kappa shape index (κ3) is 16.0. The zero-order chi connectivity index (χ0) is 41.7. The van der Waals surface area contributed by atoms with Crippen molar-refractivity contribution in [2.45, 2.75) is 220 Å². The van der Waals surface area contributed by atoms with Gasteiger partial charge in [-0.25, -0.2) is 0 Å². The first-order chi connectivity index (χ1) is 28.9. The largest absolute Gasteiger partial charge is 0.494 e. The molecule has 59 heavy (non-hydrogen) atoms. The molecule has 0 saturated heterocycles. The Morgan fingerprint density at radius 2 is 0.763 bits per heavy atom. The Hall–Kier alpha value is -2.54. The summed E-state index contributed by atoms with van der Waals surface area (Å²) >= 11 is 0. The van der Waals surface area contributed by atoms with Gasteiger partial charge in [-0.3, -0.25) is 0 Å². The number of aryl methyl sites for hydroxylation is 2. The highest BCUT2D eigenvalue weighted by Crippen LogP contribution is 2.45. The Morgan fingerprint density at radius 3 is 1.15 bits per heavy atom. The first kappa shape index (κ1) is 47.5. The summed E-state index contributed by atoms with van der Waals surface area (Å²) in [5, 5.41) is 0. The van der Waals surface area contributed by atoms with E-state index >= 15 is 0 Å². The SMILES string of the molecule is CCCC1CCC(C2CCC(c3ccc(C)cc3)CC2)CC1.CCCC1CCC(c2ccc(OCC)cc2)CC1.CCCCc1ccc(C2CCC(CCC)CC2)cc1. The molecule has 4 aliphatic carbocycles. The van der Waals surface area contributed by atoms with Gasteiger partial charge in [0.05, 0.1) is 6.61 Å². The van der Waals surface area contributed by atoms with Crippen molar-refractivity contribution in [2.24, 2.45) is 29.6 Å². The van der Waals surface area contributed by atoms with Gasteiger partial charge in [-0.05, 0) is 198 Å². The molecule has 0 amide bonds. The second-order valence-electron chi connectivity index (χ2n) is 20.0. The number of rotatable bonds is 15. The maximum Gasteiger partial charge on any atom is 0.119 e. The Bertz CT molecular complexity index is 1470. The summed E-state index contributed by atoms with van der Waals surface area (Å²) in [6.07, 6.45) is 35.6. The molecule has 328 valence electrons. The molecule has 0 bridgehead atoms. The smallest absolute Gasteiger partial charge is 0.119 e. The predicted molar refractivity (Wildman–Crippen MR) is 258 cm³/mol. The quantitative estimate of drug-likeness (QED) is 0.149. The number of unbranched alkanes of at least 4 members (excludes halogenated alkanes) is 1. The van der Waals surface area contributed by atoms with E-state index in [2.05, 4.69) is 107 Å². The molecule has 0 heterocycles. The van der Waals surface area contributed by atoms with Gasteiger partial charge in [0, 0.05) is 0 Å². The van der Waals surface area contributed by atoms with Crippen LogP contribution >= 0.6 is 0 Å². The van der Waals surface area contributed by atoms with Gasteiger partial charge in [0.2, 0.25) is 0 Å². The molecule has 0 atom stereocenters. The molecule has 1 nitrogen and oxygen atoms in total. The van der Waals surface area contributed by atoms with Crippen LogP contribution in [0.15, 0.2) is 72.8 Å². The van der Waals surface area contributed by atoms with Crippen molar-refractivity contribution >= 4 is 0 Å². The zero-order valence-corrected chi connectivity index (χ0v) is 39.3. The molecular formula is C58H90O. The van der Waals surface area contributed by atoms with Crippen LogP contribution in [0.4, 0.5) is 0 Å². The number of benzene rings is 3. The highest BCUT2D eigenvalue weighted by Gasteiger charge is 2.31. The topological polar surface area (TPSA) is 9.23 Å². The van der Waals surface area contributed by atoms with E-state index in [1.807, 2.05) is 6.92 Å². The number of hydrogen-bond acceptors (Lipinski definition) is 1. The van der Waals surface area contributed by atoms with Crippen LogP contribution in [-0.2, 0) is 6.42 Å². The zero-order valence-electron chi connectivity index (χ0n) is 39.3. The molecule has 3 aromatic rings. The van der Waals surface area contributed by atoms with Gasteiger partial charge in [-0.1, -0.05) is 152 Å². The summed E-state index contributed by atoms with van der Waals surface area (Å²) in [7, 11) is 0. The van der Waals surface area contributed by atoms with Gasteiger partial charge < -0.3 is 4.74 Å². The standard InChI is InChI=1S/C22H34.C19H30.C17H26O/c1-3-4-18-7-11-20(12-8-18)22-15-13-21(14-16-22)19-9-5-17(2)6-10-19;1-3-5-7-17-10-14-19(15-11-17)18-12-8-16(6-4-2)9-13-18;1-3-5-14-6-8-15(9-7-14)16-10-12-17(13-11-16)18-4-2/h5-6,9-10,18,20-22H,3-4,7-8,11-16H2,1-2H3;10-11,14-16,18H,3-9,12-13H2,1-2H3;10-15H,3-9H2,1-2H3. The molecule has 0 unspecified atom stereocenters. The van der Waals surface area contributed by atoms with E-state index in [1.165, 1.54) is 177 Å². The van der Waals surface area contributed by atoms with Crippen molar-refractivity contribution in [3.05, 3.63) is 101 Å². The minimum Gasteiger partial charge on any atom is -0.494 e. The third-order valence-corrected chi connectivity index (χ3v) is 15.6. The normalized spacial score (nSPS) is 27.1. The minimum absolute atomic E-state index is 0.751. The number of hydrogen-bond donors (Lipinski definition) is 0. The van der Waals surface area contributed by atoms with Gasteiger partial charge in [0.25, 0.3) is 0 Å². The van der Waals surface area contributed by atoms with E-state index in [9.17, 15) is 0 Å². The van der Waals surface area contributed by atoms with E-state index in [4.69, 9.17) is 4.74 Å². The molecule has 0 aromatic heterocycles. The van der Waals surface area contributed by atoms with Crippen molar-refractivity contribution in [1.82, 2.24) is 0 Å². The van der Waals surface area contributed by atoms with Gasteiger partial charge in [0.15, 0.2) is 0 Å². The molecule has 4 fully saturated rings. The van der Waals surface area contributed by atoms with Crippen LogP contribution in [0.25, 0.3) is 0 Å². The second kappa shape index (κ2) is 26.7. The van der Waals surface area contributed by atoms with Crippen LogP contribution in [0, 0.1) is 36.5 Å². The fraction of sp³-hybridized carbons (Fsp3) is 0.690. The first-order valence-corrected chi connectivity index (χ1v) is 25.8. The summed E-state index contributed by atoms with van der Waals surface area (Å²) in [6.45, 7) is 14.2. The number of ether oxygens (including phenoxy) is 1. The van der Waals surface area contributed by atoms with Crippen LogP contribution in [-0.4, -0.2) is 6.61 Å². The lowest BCUT2D eigenvalue weighted by Gasteiger charge is -2.38. The summed E-state index contributed by atoms with van der Waals surface area (Å²) < 4.78 is 5.50. The minimum atomic E-state index is 0.751. The average molecular weight is 803 g/mol. The monoisotopic (exact) mass is 803 g/mol. The van der Waals surface area contributed by atoms with Crippen LogP contribution in [0.2, 0.25) is 0 Å². The average Bonchev–Trinajstić information content (AvgIpc) is 3.28. The van der Waals surface area contributed by atoms with Crippen molar-refractivity contribution in [3.8, 4) is 5.75 Å². The maximum atomic E-state index is 5.50. The first-order valence-electron chi connectivity index (χ1n) is 25.8. The Labute approximate surface area is 365 Å². The molecule has 0 radical (unpaired) electrons. The predicted octanol–water partition coefficient (Wildman–Crippen LogP) is 18.1. The summed E-state index contributed by atoms with van der Waals surface area (Å²) in [5.41, 5.74) is 7.60. The third-order valence-electron chi connectivity index (χ3n) is 15.6. The maximum absolute atomic E-state index is 5.50. The Kier molecular flexibility index (Phi) is 21.5. The highest BCUT2D eigenvalue weighted by molar-refractivity contribution is 5.30. The van der Waals surface area contributed by atoms with Crippen molar-refractivity contribution in [1.29, 1.82) is 0 Å². The van der Waals surface area contributed by atoms with Crippen LogP contribution in [0.1, 0.15) is 234 Å². The van der Waals surface area contributed by atoms with Crippen molar-refractivity contribution in [2.75, 3.05) is 6.61 Å². The molecule has 0 spiro atoms. The van der Waals surface area contributed by atoms with Crippen molar-refractivity contribution in [3.63, 3.8) is 0 Å². The van der Waals surface area contributed by atoms with E-state index in [0.717, 1.165) is 59.7 Å². The molecule has 0 aliphatic heterocycles. The van der Waals surface area contributed by atoms with Gasteiger partial charge in [0.1, 0.15) is 5.75 Å². The fourth-order valence-corrected chi connectivity index (χ4v) is 11.8. The summed E-state index contributed by atoms with van der Waals surface area (Å²) in [5.74, 6) is 8.65. The highest BCUT2D eigenvalue weighted by atomic mass is 16.5. The summed E-state index contributed by atoms with van der Waals surface area (Å²) in [4.78, 5) is 0. The van der Waals surface area contributed by atoms with Crippen LogP contribution in [0.3, 0.4) is 0 Å². The molecule has 0 N–H and O–H groups in total. The Balaban J connectivity index is 0.000000169. The van der Waals surface area contributed by atoms with Crippen LogP contribution in [0.5, 0.6) is 5.75 Å². The fourth-order valence-electron chi connectivity index (χ4n) is 11.8. The molecule has 3 aromatic carbocycles. The van der Waals surface area contributed by atoms with E-state index in [-0.39, 0.29) is 0 Å². The van der Waals surface area contributed by atoms with Gasteiger partial charge in [-0.2, -0.15) is 0 Å². The lowest BCUT2D eigenvalue weighted by atomic mass is 9.68. The Morgan fingerprint density at radius 1 is 0.407 bits per heavy atom. The van der Waals surface area contributed by atoms with Crippen LogP contribution < -0.4 is 4.74 Å².